The molecular weight excluding hydrogens is 312 g/mol. The molecule has 25 heavy (non-hydrogen) atoms. The van der Waals surface area contributed by atoms with Crippen LogP contribution in [0.1, 0.15) is 51.3 Å². The highest BCUT2D eigenvalue weighted by molar-refractivity contribution is 6.06. The molecule has 0 radical (unpaired) electrons. The Hall–Kier alpha value is -2.62. The van der Waals surface area contributed by atoms with E-state index >= 15 is 0 Å². The Bertz CT molecular complexity index is 769. The summed E-state index contributed by atoms with van der Waals surface area (Å²) < 4.78 is 0. The summed E-state index contributed by atoms with van der Waals surface area (Å²) in [5.41, 5.74) is 5.07. The third-order valence-electron chi connectivity index (χ3n) is 4.34. The predicted octanol–water partition coefficient (Wildman–Crippen LogP) is 4.35. The minimum atomic E-state index is -0.204. The molecule has 0 saturated carbocycles. The first kappa shape index (κ1) is 18.7. The zero-order valence-corrected chi connectivity index (χ0v) is 15.6. The molecule has 0 saturated heterocycles. The summed E-state index contributed by atoms with van der Waals surface area (Å²) in [5.74, 6) is -0.258. The number of aryl methyl sites for hydroxylation is 3. The van der Waals surface area contributed by atoms with E-state index in [1.165, 1.54) is 5.56 Å². The van der Waals surface area contributed by atoms with Crippen LogP contribution in [0.15, 0.2) is 36.4 Å². The van der Waals surface area contributed by atoms with Crippen molar-refractivity contribution in [1.82, 2.24) is 4.90 Å². The third-order valence-corrected chi connectivity index (χ3v) is 4.34. The van der Waals surface area contributed by atoms with Crippen LogP contribution in [0.3, 0.4) is 0 Å². The number of hydrogen-bond acceptors (Lipinski definition) is 2. The number of nitrogens with zero attached hydrogens (tertiary/aromatic N) is 1. The lowest BCUT2D eigenvalue weighted by Crippen LogP contribution is -2.30. The van der Waals surface area contributed by atoms with Gasteiger partial charge in [0.05, 0.1) is 0 Å². The number of nitrogens with one attached hydrogen (secondary N) is 1. The van der Waals surface area contributed by atoms with E-state index in [1.54, 1.807) is 29.2 Å². The normalized spacial score (nSPS) is 10.4. The summed E-state index contributed by atoms with van der Waals surface area (Å²) in [4.78, 5) is 26.9. The molecule has 132 valence electrons. The number of rotatable bonds is 5. The lowest BCUT2D eigenvalue weighted by atomic mass is 10.0. The highest BCUT2D eigenvalue weighted by Crippen LogP contribution is 2.23. The average molecular weight is 338 g/mol. The Kier molecular flexibility index (Phi) is 5.97. The van der Waals surface area contributed by atoms with E-state index in [0.29, 0.717) is 24.2 Å². The van der Waals surface area contributed by atoms with E-state index in [0.717, 1.165) is 16.8 Å². The van der Waals surface area contributed by atoms with Gasteiger partial charge >= 0.3 is 0 Å². The van der Waals surface area contributed by atoms with Gasteiger partial charge in [0.2, 0.25) is 0 Å². The Balaban J connectivity index is 2.26. The second-order valence-corrected chi connectivity index (χ2v) is 6.29. The first-order valence-corrected chi connectivity index (χ1v) is 8.65. The van der Waals surface area contributed by atoms with Gasteiger partial charge in [-0.2, -0.15) is 0 Å². The van der Waals surface area contributed by atoms with E-state index in [1.807, 2.05) is 46.8 Å². The van der Waals surface area contributed by atoms with E-state index < -0.39 is 0 Å². The number of carbonyl (C=O) groups excluding carboxylic acids is 2. The highest BCUT2D eigenvalue weighted by Gasteiger charge is 2.15. The maximum atomic E-state index is 12.7. The zero-order chi connectivity index (χ0) is 18.6. The van der Waals surface area contributed by atoms with Gasteiger partial charge in [-0.05, 0) is 63.9 Å². The van der Waals surface area contributed by atoms with Gasteiger partial charge in [-0.25, -0.2) is 0 Å². The average Bonchev–Trinajstić information content (AvgIpc) is 2.59. The summed E-state index contributed by atoms with van der Waals surface area (Å²) in [6.07, 6.45) is 0. The topological polar surface area (TPSA) is 49.4 Å². The molecule has 2 aromatic rings. The molecule has 1 N–H and O–H groups in total. The van der Waals surface area contributed by atoms with Gasteiger partial charge in [0.1, 0.15) is 0 Å². The fraction of sp³-hybridized carbons (Fsp3) is 0.333. The molecule has 2 amide bonds. The molecule has 4 nitrogen and oxygen atoms in total. The van der Waals surface area contributed by atoms with Gasteiger partial charge in [0.25, 0.3) is 11.8 Å². The monoisotopic (exact) mass is 338 g/mol. The molecule has 0 fully saturated rings. The van der Waals surface area contributed by atoms with Crippen LogP contribution in [0.25, 0.3) is 0 Å². The molecule has 0 unspecified atom stereocenters. The maximum Gasteiger partial charge on any atom is 0.255 e. The third kappa shape index (κ3) is 4.27. The smallest absolute Gasteiger partial charge is 0.255 e. The van der Waals surface area contributed by atoms with Gasteiger partial charge in [-0.3, -0.25) is 9.59 Å². The van der Waals surface area contributed by atoms with Crippen LogP contribution in [-0.4, -0.2) is 29.8 Å². The number of hydrogen-bond donors (Lipinski definition) is 1. The van der Waals surface area contributed by atoms with Crippen molar-refractivity contribution in [2.24, 2.45) is 0 Å². The van der Waals surface area contributed by atoms with Crippen molar-refractivity contribution in [2.75, 3.05) is 18.4 Å². The van der Waals surface area contributed by atoms with Crippen LogP contribution in [-0.2, 0) is 0 Å². The van der Waals surface area contributed by atoms with Crippen molar-refractivity contribution >= 4 is 17.5 Å². The Labute approximate surface area is 149 Å². The quantitative estimate of drug-likeness (QED) is 0.881. The molecule has 2 aromatic carbocycles. The first-order valence-electron chi connectivity index (χ1n) is 8.65. The lowest BCUT2D eigenvalue weighted by Gasteiger charge is -2.19. The molecule has 0 aromatic heterocycles. The zero-order valence-electron chi connectivity index (χ0n) is 15.6. The minimum Gasteiger partial charge on any atom is -0.339 e. The van der Waals surface area contributed by atoms with E-state index in [4.69, 9.17) is 0 Å². The summed E-state index contributed by atoms with van der Waals surface area (Å²) in [7, 11) is 0. The van der Waals surface area contributed by atoms with E-state index in [2.05, 4.69) is 5.32 Å². The number of carbonyl (C=O) groups is 2. The van der Waals surface area contributed by atoms with Crippen molar-refractivity contribution in [3.05, 3.63) is 64.2 Å². The van der Waals surface area contributed by atoms with E-state index in [9.17, 15) is 9.59 Å². The molecule has 0 atom stereocenters. The van der Waals surface area contributed by atoms with Crippen molar-refractivity contribution in [3.63, 3.8) is 0 Å². The largest absolute Gasteiger partial charge is 0.339 e. The fourth-order valence-corrected chi connectivity index (χ4v) is 3.05. The van der Waals surface area contributed by atoms with Crippen LogP contribution in [0.4, 0.5) is 5.69 Å². The van der Waals surface area contributed by atoms with Crippen LogP contribution in [0.5, 0.6) is 0 Å². The Morgan fingerprint density at radius 3 is 2.04 bits per heavy atom. The van der Waals surface area contributed by atoms with Crippen molar-refractivity contribution in [3.8, 4) is 0 Å². The second-order valence-electron chi connectivity index (χ2n) is 6.29. The Morgan fingerprint density at radius 1 is 0.920 bits per heavy atom. The molecule has 4 heteroatoms. The lowest BCUT2D eigenvalue weighted by molar-refractivity contribution is 0.0773. The van der Waals surface area contributed by atoms with Crippen LogP contribution >= 0.6 is 0 Å². The molecule has 0 bridgehead atoms. The van der Waals surface area contributed by atoms with Gasteiger partial charge in [0, 0.05) is 29.9 Å². The van der Waals surface area contributed by atoms with Crippen molar-refractivity contribution < 1.29 is 9.59 Å². The predicted molar refractivity (Wildman–Crippen MR) is 102 cm³/mol. The number of benzene rings is 2. The highest BCUT2D eigenvalue weighted by atomic mass is 16.2. The molecule has 0 heterocycles. The van der Waals surface area contributed by atoms with Crippen LogP contribution < -0.4 is 5.32 Å². The maximum absolute atomic E-state index is 12.7. The second kappa shape index (κ2) is 7.97. The van der Waals surface area contributed by atoms with Gasteiger partial charge in [-0.1, -0.05) is 23.8 Å². The summed E-state index contributed by atoms with van der Waals surface area (Å²) in [6.45, 7) is 11.2. The molecule has 0 aliphatic carbocycles. The van der Waals surface area contributed by atoms with Gasteiger partial charge < -0.3 is 10.2 Å². The molecule has 0 aliphatic heterocycles. The SMILES string of the molecule is CCN(CC)C(=O)c1cccc(C(=O)Nc2c(C)cc(C)cc2C)c1. The Morgan fingerprint density at radius 2 is 1.48 bits per heavy atom. The van der Waals surface area contributed by atoms with Crippen LogP contribution in [0, 0.1) is 20.8 Å². The van der Waals surface area contributed by atoms with Crippen LogP contribution in [0.2, 0.25) is 0 Å². The summed E-state index contributed by atoms with van der Waals surface area (Å²) >= 11 is 0. The minimum absolute atomic E-state index is 0.0534. The summed E-state index contributed by atoms with van der Waals surface area (Å²) in [6, 6.07) is 11.0. The molecular formula is C21H26N2O2. The van der Waals surface area contributed by atoms with Gasteiger partial charge in [0.15, 0.2) is 0 Å². The number of anilines is 1. The fourth-order valence-electron chi connectivity index (χ4n) is 3.05. The van der Waals surface area contributed by atoms with Crippen molar-refractivity contribution in [1.29, 1.82) is 0 Å². The number of amides is 2. The molecule has 2 rings (SSSR count). The first-order chi connectivity index (χ1) is 11.9. The van der Waals surface area contributed by atoms with E-state index in [-0.39, 0.29) is 11.8 Å². The standard InChI is InChI=1S/C21H26N2O2/c1-6-23(7-2)21(25)18-10-8-9-17(13-18)20(24)22-19-15(4)11-14(3)12-16(19)5/h8-13H,6-7H2,1-5H3,(H,22,24). The molecule has 0 aliphatic rings. The molecule has 0 spiro atoms. The van der Waals surface area contributed by atoms with Crippen molar-refractivity contribution in [2.45, 2.75) is 34.6 Å². The van der Waals surface area contributed by atoms with Gasteiger partial charge in [-0.15, -0.1) is 0 Å². The summed E-state index contributed by atoms with van der Waals surface area (Å²) in [5, 5.41) is 2.98.